The van der Waals surface area contributed by atoms with Crippen LogP contribution >= 0.6 is 34.5 Å². The monoisotopic (exact) mass is 418 g/mol. The largest absolute Gasteiger partial charge is 0.493 e. The first kappa shape index (κ1) is 17.9. The maximum absolute atomic E-state index is 11.4. The van der Waals surface area contributed by atoms with Crippen molar-refractivity contribution in [3.63, 3.8) is 0 Å². The van der Waals surface area contributed by atoms with Gasteiger partial charge in [0.05, 0.1) is 31.0 Å². The molecule has 0 saturated heterocycles. The molecule has 0 spiro atoms. The Morgan fingerprint density at radius 3 is 2.30 bits per heavy atom. The SMILES string of the molecule is Cc1n/c(=C/c2sc(=O)[nH]c2O)c(C)cc1=C1N=c2cc(Cl)c(Cl)cc2=N1. The van der Waals surface area contributed by atoms with Crippen LogP contribution in [-0.2, 0) is 0 Å². The van der Waals surface area contributed by atoms with Gasteiger partial charge in [-0.1, -0.05) is 34.5 Å². The first-order valence-electron chi connectivity index (χ1n) is 7.86. The van der Waals surface area contributed by atoms with Gasteiger partial charge in [-0.25, -0.2) is 9.98 Å². The van der Waals surface area contributed by atoms with Crippen molar-refractivity contribution in [1.82, 2.24) is 9.97 Å². The molecule has 0 radical (unpaired) electrons. The number of rotatable bonds is 1. The van der Waals surface area contributed by atoms with Crippen LogP contribution < -0.4 is 26.2 Å². The fraction of sp³-hybridized carbons (Fsp3) is 0.111. The van der Waals surface area contributed by atoms with Crippen LogP contribution in [0.15, 0.2) is 33.0 Å². The molecule has 1 aliphatic heterocycles. The lowest BCUT2D eigenvalue weighted by Gasteiger charge is -2.00. The highest BCUT2D eigenvalue weighted by atomic mass is 35.5. The molecule has 0 fully saturated rings. The molecule has 6 nitrogen and oxygen atoms in total. The van der Waals surface area contributed by atoms with Crippen molar-refractivity contribution in [2.75, 3.05) is 0 Å². The number of thiazole rings is 1. The standard InChI is InChI=1S/C18H12Cl2N4O2S/c1-7-3-9(16-22-13-4-10(19)11(20)5-14(13)23-16)8(2)21-12(7)6-15-17(25)24-18(26)27-15/h3-6,25H,1-2H3,(H,24,26)/b12-6+. The molecule has 9 heteroatoms. The van der Waals surface area contributed by atoms with Crippen LogP contribution in [0, 0.1) is 13.8 Å². The molecule has 0 bridgehead atoms. The van der Waals surface area contributed by atoms with Crippen LogP contribution in [0.1, 0.15) is 16.1 Å². The molecule has 4 rings (SSSR count). The van der Waals surface area contributed by atoms with E-state index in [9.17, 15) is 9.90 Å². The molecule has 0 saturated carbocycles. The summed E-state index contributed by atoms with van der Waals surface area (Å²) in [4.78, 5) is 27.5. The lowest BCUT2D eigenvalue weighted by molar-refractivity contribution is 0.455. The number of aromatic hydroxyl groups is 1. The lowest BCUT2D eigenvalue weighted by atomic mass is 10.2. The molecule has 3 heterocycles. The summed E-state index contributed by atoms with van der Waals surface area (Å²) < 4.78 is 0. The summed E-state index contributed by atoms with van der Waals surface area (Å²) in [6, 6.07) is 5.30. The summed E-state index contributed by atoms with van der Waals surface area (Å²) in [5.74, 6) is 0.379. The van der Waals surface area contributed by atoms with E-state index < -0.39 is 0 Å². The number of H-pyrrole nitrogens is 1. The van der Waals surface area contributed by atoms with Gasteiger partial charge in [-0.2, -0.15) is 0 Å². The third kappa shape index (κ3) is 3.29. The summed E-state index contributed by atoms with van der Waals surface area (Å²) in [6.07, 6.45) is 1.67. The number of aryl methyl sites for hydroxylation is 2. The zero-order valence-corrected chi connectivity index (χ0v) is 16.5. The Hall–Kier alpha value is -2.48. The van der Waals surface area contributed by atoms with Crippen LogP contribution in [0.5, 0.6) is 5.88 Å². The Morgan fingerprint density at radius 1 is 1.11 bits per heavy atom. The van der Waals surface area contributed by atoms with E-state index in [0.29, 0.717) is 36.8 Å². The summed E-state index contributed by atoms with van der Waals surface area (Å²) in [6.45, 7) is 3.75. The predicted molar refractivity (Wildman–Crippen MR) is 105 cm³/mol. The van der Waals surface area contributed by atoms with Crippen LogP contribution in [0.2, 0.25) is 10.0 Å². The van der Waals surface area contributed by atoms with E-state index >= 15 is 0 Å². The van der Waals surface area contributed by atoms with Crippen LogP contribution in [0.3, 0.4) is 0 Å². The van der Waals surface area contributed by atoms with Crippen molar-refractivity contribution in [1.29, 1.82) is 0 Å². The zero-order valence-electron chi connectivity index (χ0n) is 14.2. The van der Waals surface area contributed by atoms with Gasteiger partial charge in [-0.15, -0.1) is 0 Å². The van der Waals surface area contributed by atoms with Gasteiger partial charge in [0, 0.05) is 10.9 Å². The Labute approximate surface area is 166 Å². The van der Waals surface area contributed by atoms with Crippen molar-refractivity contribution in [2.24, 2.45) is 9.98 Å². The number of hydrogen-bond donors (Lipinski definition) is 2. The highest BCUT2D eigenvalue weighted by Crippen LogP contribution is 2.18. The second-order valence-corrected chi connectivity index (χ2v) is 7.83. The number of fused-ring (bicyclic) bond motifs is 1. The van der Waals surface area contributed by atoms with E-state index in [1.807, 2.05) is 19.9 Å². The number of nitrogens with one attached hydrogen (secondary N) is 1. The summed E-state index contributed by atoms with van der Waals surface area (Å²) in [5.41, 5.74) is 1.59. The minimum atomic E-state index is -0.320. The van der Waals surface area contributed by atoms with Crippen molar-refractivity contribution in [3.8, 4) is 5.88 Å². The molecule has 2 N–H and O–H groups in total. The Bertz CT molecular complexity index is 1360. The van der Waals surface area contributed by atoms with Crippen molar-refractivity contribution in [3.05, 3.63) is 75.3 Å². The van der Waals surface area contributed by atoms with Crippen LogP contribution in [0.25, 0.3) is 11.9 Å². The number of aromatic nitrogens is 2. The predicted octanol–water partition coefficient (Wildman–Crippen LogP) is 1.31. The first-order valence-corrected chi connectivity index (χ1v) is 9.44. The van der Waals surface area contributed by atoms with E-state index in [1.165, 1.54) is 0 Å². The minimum absolute atomic E-state index is 0.160. The molecule has 0 unspecified atom stereocenters. The average molecular weight is 419 g/mol. The van der Waals surface area contributed by atoms with Gasteiger partial charge in [-0.05, 0) is 43.7 Å². The fourth-order valence-electron chi connectivity index (χ4n) is 2.73. The summed E-state index contributed by atoms with van der Waals surface area (Å²) in [7, 11) is 0. The Balaban J connectivity index is 1.93. The molecular formula is C18H12Cl2N4O2S. The van der Waals surface area contributed by atoms with E-state index in [0.717, 1.165) is 27.8 Å². The molecular weight excluding hydrogens is 407 g/mol. The number of aromatic amines is 1. The normalized spacial score (nSPS) is 13.5. The highest BCUT2D eigenvalue weighted by molar-refractivity contribution is 7.10. The van der Waals surface area contributed by atoms with Crippen molar-refractivity contribution in [2.45, 2.75) is 13.8 Å². The third-order valence-corrected chi connectivity index (χ3v) is 5.62. The lowest BCUT2D eigenvalue weighted by Crippen LogP contribution is -2.22. The van der Waals surface area contributed by atoms with Crippen molar-refractivity contribution >= 4 is 46.4 Å². The maximum Gasteiger partial charge on any atom is 0.307 e. The number of benzene rings is 1. The van der Waals surface area contributed by atoms with Gasteiger partial charge >= 0.3 is 4.87 Å². The van der Waals surface area contributed by atoms with E-state index in [2.05, 4.69) is 20.0 Å². The number of hydrogen-bond acceptors (Lipinski definition) is 6. The summed E-state index contributed by atoms with van der Waals surface area (Å²) >= 11 is 13.0. The van der Waals surface area contributed by atoms with Crippen LogP contribution in [0.4, 0.5) is 0 Å². The number of halogens is 2. The molecule has 0 atom stereocenters. The number of nitrogens with zero attached hydrogens (tertiary/aromatic N) is 3. The summed E-state index contributed by atoms with van der Waals surface area (Å²) in [5, 5.41) is 13.4. The highest BCUT2D eigenvalue weighted by Gasteiger charge is 2.10. The quantitative estimate of drug-likeness (QED) is 0.623. The molecule has 1 aromatic carbocycles. The first-order chi connectivity index (χ1) is 12.8. The Morgan fingerprint density at radius 2 is 1.74 bits per heavy atom. The maximum atomic E-state index is 11.4. The van der Waals surface area contributed by atoms with Gasteiger partial charge < -0.3 is 5.11 Å². The average Bonchev–Trinajstić information content (AvgIpc) is 3.13. The molecule has 136 valence electrons. The van der Waals surface area contributed by atoms with Crippen molar-refractivity contribution < 1.29 is 5.11 Å². The minimum Gasteiger partial charge on any atom is -0.493 e. The smallest absolute Gasteiger partial charge is 0.307 e. The van der Waals surface area contributed by atoms with Gasteiger partial charge in [0.15, 0.2) is 5.82 Å². The van der Waals surface area contributed by atoms with Gasteiger partial charge in [0.25, 0.3) is 0 Å². The van der Waals surface area contributed by atoms with E-state index in [4.69, 9.17) is 23.2 Å². The topological polar surface area (TPSA) is 90.7 Å². The van der Waals surface area contributed by atoms with Gasteiger partial charge in [0.2, 0.25) is 5.88 Å². The van der Waals surface area contributed by atoms with Gasteiger partial charge in [0.1, 0.15) is 0 Å². The molecule has 1 aliphatic rings. The number of pyridine rings is 1. The van der Waals surface area contributed by atoms with Crippen LogP contribution in [-0.4, -0.2) is 15.1 Å². The second-order valence-electron chi connectivity index (χ2n) is 6.00. The molecule has 27 heavy (non-hydrogen) atoms. The van der Waals surface area contributed by atoms with E-state index in [1.54, 1.807) is 18.2 Å². The third-order valence-electron chi connectivity index (χ3n) is 4.08. The molecule has 0 aliphatic carbocycles. The second kappa shape index (κ2) is 6.60. The molecule has 2 aromatic heterocycles. The molecule has 0 amide bonds. The molecule has 3 aromatic rings. The zero-order chi connectivity index (χ0) is 19.3. The Kier molecular flexibility index (Phi) is 4.38. The fourth-order valence-corrected chi connectivity index (χ4v) is 3.71. The van der Waals surface area contributed by atoms with Gasteiger partial charge in [-0.3, -0.25) is 14.8 Å². The van der Waals surface area contributed by atoms with E-state index in [-0.39, 0.29) is 10.8 Å².